The van der Waals surface area contributed by atoms with Crippen molar-refractivity contribution in [3.05, 3.63) is 0 Å². The Labute approximate surface area is 56.9 Å². The van der Waals surface area contributed by atoms with Crippen LogP contribution in [-0.4, -0.2) is 12.8 Å². The predicted octanol–water partition coefficient (Wildman–Crippen LogP) is 2.08. The standard InChI is InChI=1S/C7H14NO/c1-3-5-6-8-9-7-4-2/h3-5,7H2,1-2H3. The fourth-order valence-corrected chi connectivity index (χ4v) is 0.340. The van der Waals surface area contributed by atoms with Crippen molar-refractivity contribution in [3.63, 3.8) is 0 Å². The molecule has 0 bridgehead atoms. The first-order valence-corrected chi connectivity index (χ1v) is 3.46. The van der Waals surface area contributed by atoms with Gasteiger partial charge in [-0.1, -0.05) is 25.4 Å². The van der Waals surface area contributed by atoms with Gasteiger partial charge in [0, 0.05) is 0 Å². The van der Waals surface area contributed by atoms with Crippen molar-refractivity contribution in [2.45, 2.75) is 33.1 Å². The van der Waals surface area contributed by atoms with E-state index < -0.39 is 0 Å². The average Bonchev–Trinajstić information content (AvgIpc) is 1.89. The minimum absolute atomic E-state index is 0.705. The van der Waals surface area contributed by atoms with E-state index >= 15 is 0 Å². The second-order valence-corrected chi connectivity index (χ2v) is 1.83. The molecule has 0 aromatic rings. The van der Waals surface area contributed by atoms with Crippen molar-refractivity contribution in [2.75, 3.05) is 6.61 Å². The number of hydrogen-bond acceptors (Lipinski definition) is 2. The van der Waals surface area contributed by atoms with Crippen LogP contribution in [-0.2, 0) is 4.84 Å². The largest absolute Gasteiger partial charge is 0.396 e. The van der Waals surface area contributed by atoms with Crippen LogP contribution in [0.25, 0.3) is 0 Å². The molecule has 0 aliphatic heterocycles. The van der Waals surface area contributed by atoms with E-state index in [0.29, 0.717) is 6.61 Å². The summed E-state index contributed by atoms with van der Waals surface area (Å²) >= 11 is 0. The van der Waals surface area contributed by atoms with E-state index in [9.17, 15) is 0 Å². The minimum atomic E-state index is 0.705. The Bertz CT molecular complexity index is 71.3. The van der Waals surface area contributed by atoms with Crippen molar-refractivity contribution >= 4 is 6.21 Å². The molecule has 0 heterocycles. The van der Waals surface area contributed by atoms with Crippen molar-refractivity contribution in [3.8, 4) is 0 Å². The van der Waals surface area contributed by atoms with Gasteiger partial charge in [0.15, 0.2) is 0 Å². The summed E-state index contributed by atoms with van der Waals surface area (Å²) in [4.78, 5) is 4.80. The van der Waals surface area contributed by atoms with Crippen LogP contribution in [0.5, 0.6) is 0 Å². The van der Waals surface area contributed by atoms with Crippen LogP contribution in [0.3, 0.4) is 0 Å². The van der Waals surface area contributed by atoms with E-state index in [4.69, 9.17) is 4.84 Å². The molecule has 2 nitrogen and oxygen atoms in total. The molecule has 0 aromatic heterocycles. The lowest BCUT2D eigenvalue weighted by Gasteiger charge is -1.90. The molecule has 0 spiro atoms. The van der Waals surface area contributed by atoms with Gasteiger partial charge in [0.25, 0.3) is 0 Å². The maximum Gasteiger partial charge on any atom is 0.116 e. The van der Waals surface area contributed by atoms with Gasteiger partial charge in [0.2, 0.25) is 0 Å². The summed E-state index contributed by atoms with van der Waals surface area (Å²) in [6.45, 7) is 4.84. The Balaban J connectivity index is 2.86. The summed E-state index contributed by atoms with van der Waals surface area (Å²) in [6.07, 6.45) is 5.76. The molecule has 2 heteroatoms. The van der Waals surface area contributed by atoms with Crippen LogP contribution in [0.15, 0.2) is 5.16 Å². The minimum Gasteiger partial charge on any atom is -0.396 e. The maximum absolute atomic E-state index is 4.80. The molecule has 1 radical (unpaired) electrons. The average molecular weight is 128 g/mol. The van der Waals surface area contributed by atoms with E-state index in [-0.39, 0.29) is 0 Å². The lowest BCUT2D eigenvalue weighted by atomic mass is 10.4. The van der Waals surface area contributed by atoms with Gasteiger partial charge in [-0.05, 0) is 12.8 Å². The fraction of sp³-hybridized carbons (Fsp3) is 0.857. The van der Waals surface area contributed by atoms with Crippen LogP contribution in [0.4, 0.5) is 0 Å². The third-order valence-electron chi connectivity index (χ3n) is 0.786. The van der Waals surface area contributed by atoms with Gasteiger partial charge in [-0.3, -0.25) is 0 Å². The molecule has 0 fully saturated rings. The van der Waals surface area contributed by atoms with Gasteiger partial charge in [-0.15, -0.1) is 0 Å². The zero-order valence-corrected chi connectivity index (χ0v) is 6.18. The van der Waals surface area contributed by atoms with E-state index in [0.717, 1.165) is 19.3 Å². The van der Waals surface area contributed by atoms with Crippen molar-refractivity contribution in [1.29, 1.82) is 0 Å². The lowest BCUT2D eigenvalue weighted by molar-refractivity contribution is 0.146. The van der Waals surface area contributed by atoms with E-state index in [2.05, 4.69) is 25.2 Å². The highest BCUT2D eigenvalue weighted by molar-refractivity contribution is 5.55. The molecule has 0 amide bonds. The first kappa shape index (κ1) is 8.47. The first-order valence-electron chi connectivity index (χ1n) is 3.46. The molecule has 0 aliphatic carbocycles. The summed E-state index contributed by atoms with van der Waals surface area (Å²) in [6, 6.07) is 0. The van der Waals surface area contributed by atoms with Crippen LogP contribution >= 0.6 is 0 Å². The predicted molar refractivity (Wildman–Crippen MR) is 38.6 cm³/mol. The molecule has 9 heavy (non-hydrogen) atoms. The normalized spacial score (nSPS) is 10.4. The third kappa shape index (κ3) is 7.47. The van der Waals surface area contributed by atoms with Crippen LogP contribution in [0.1, 0.15) is 33.1 Å². The number of unbranched alkanes of at least 4 members (excludes halogenated alkanes) is 1. The van der Waals surface area contributed by atoms with Crippen molar-refractivity contribution in [1.82, 2.24) is 0 Å². The van der Waals surface area contributed by atoms with Gasteiger partial charge in [0.05, 0.1) is 0 Å². The highest BCUT2D eigenvalue weighted by Crippen LogP contribution is 1.83. The Morgan fingerprint density at radius 2 is 2.11 bits per heavy atom. The fourth-order valence-electron chi connectivity index (χ4n) is 0.340. The van der Waals surface area contributed by atoms with Gasteiger partial charge < -0.3 is 4.84 Å². The van der Waals surface area contributed by atoms with Crippen molar-refractivity contribution < 1.29 is 4.84 Å². The molecular formula is C7H14NO. The van der Waals surface area contributed by atoms with Gasteiger partial charge in [-0.2, -0.15) is 0 Å². The van der Waals surface area contributed by atoms with Gasteiger partial charge >= 0.3 is 0 Å². The van der Waals surface area contributed by atoms with Gasteiger partial charge in [0.1, 0.15) is 12.8 Å². The summed E-state index contributed by atoms with van der Waals surface area (Å²) in [5.41, 5.74) is 0. The van der Waals surface area contributed by atoms with E-state index in [1.54, 1.807) is 0 Å². The molecule has 53 valence electrons. The quantitative estimate of drug-likeness (QED) is 0.315. The zero-order chi connectivity index (χ0) is 6.95. The molecule has 0 rings (SSSR count). The van der Waals surface area contributed by atoms with E-state index in [1.165, 1.54) is 0 Å². The van der Waals surface area contributed by atoms with Crippen LogP contribution in [0.2, 0.25) is 0 Å². The smallest absolute Gasteiger partial charge is 0.116 e. The summed E-state index contributed by atoms with van der Waals surface area (Å²) in [5.74, 6) is 0. The Morgan fingerprint density at radius 1 is 1.33 bits per heavy atom. The monoisotopic (exact) mass is 128 g/mol. The van der Waals surface area contributed by atoms with Crippen LogP contribution < -0.4 is 0 Å². The molecule has 0 unspecified atom stereocenters. The van der Waals surface area contributed by atoms with E-state index in [1.807, 2.05) is 0 Å². The summed E-state index contributed by atoms with van der Waals surface area (Å²) in [7, 11) is 0. The first-order chi connectivity index (χ1) is 4.41. The highest BCUT2D eigenvalue weighted by atomic mass is 16.6. The Hall–Kier alpha value is -0.530. The van der Waals surface area contributed by atoms with Crippen LogP contribution in [0, 0.1) is 0 Å². The second-order valence-electron chi connectivity index (χ2n) is 1.83. The molecule has 0 aromatic carbocycles. The molecule has 0 aliphatic rings. The maximum atomic E-state index is 4.80. The molecule has 0 saturated carbocycles. The molecule has 0 atom stereocenters. The second kappa shape index (κ2) is 7.47. The third-order valence-corrected chi connectivity index (χ3v) is 0.786. The molecule has 0 saturated heterocycles. The Kier molecular flexibility index (Phi) is 7.03. The highest BCUT2D eigenvalue weighted by Gasteiger charge is 1.77. The van der Waals surface area contributed by atoms with Crippen molar-refractivity contribution in [2.24, 2.45) is 5.16 Å². The molecule has 0 N–H and O–H groups in total. The lowest BCUT2D eigenvalue weighted by Crippen LogP contribution is -1.84. The molecular weight excluding hydrogens is 114 g/mol. The van der Waals surface area contributed by atoms with Gasteiger partial charge in [-0.25, -0.2) is 0 Å². The topological polar surface area (TPSA) is 21.6 Å². The summed E-state index contributed by atoms with van der Waals surface area (Å²) in [5, 5.41) is 3.60. The zero-order valence-electron chi connectivity index (χ0n) is 6.18. The SMILES string of the molecule is CCC/[C]=N/OCCC. The number of rotatable bonds is 5. The number of nitrogens with zero attached hydrogens (tertiary/aromatic N) is 1. The Morgan fingerprint density at radius 3 is 2.67 bits per heavy atom. The number of hydrogen-bond donors (Lipinski definition) is 0. The summed E-state index contributed by atoms with van der Waals surface area (Å²) < 4.78 is 0.